The van der Waals surface area contributed by atoms with Gasteiger partial charge in [0.05, 0.1) is 0 Å². The molecule has 0 bridgehead atoms. The minimum absolute atomic E-state index is 0.437. The van der Waals surface area contributed by atoms with Crippen molar-refractivity contribution < 1.29 is 34.3 Å². The number of hydrogen-bond donors (Lipinski definition) is 6. The number of ether oxygens (including phenoxy) is 1. The van der Waals surface area contributed by atoms with Gasteiger partial charge in [0.2, 0.25) is 0 Å². The fraction of sp³-hybridized carbons (Fsp3) is 0.353. The first-order chi connectivity index (χ1) is 13.5. The van der Waals surface area contributed by atoms with Crippen LogP contribution in [0.3, 0.4) is 0 Å². The largest absolute Gasteiger partial charge is 0.508 e. The molecule has 0 radical (unpaired) electrons. The zero-order chi connectivity index (χ0) is 21.5. The number of carbonyl (C=O) groups excluding carboxylic acids is 1. The number of nitrogens with one attached hydrogen (secondary N) is 2. The fourth-order valence-corrected chi connectivity index (χ4v) is 3.10. The molecule has 2 aromatic rings. The van der Waals surface area contributed by atoms with Crippen molar-refractivity contribution in [2.45, 2.75) is 31.0 Å². The van der Waals surface area contributed by atoms with Gasteiger partial charge in [-0.15, -0.1) is 0 Å². The Kier molecular flexibility index (Phi) is 5.07. The molecule has 11 nitrogen and oxygen atoms in total. The van der Waals surface area contributed by atoms with E-state index in [1.54, 1.807) is 0 Å². The molecule has 4 atom stereocenters. The minimum atomic E-state index is -2.44. The lowest BCUT2D eigenvalue weighted by atomic mass is 9.98. The van der Waals surface area contributed by atoms with E-state index in [1.165, 1.54) is 0 Å². The lowest BCUT2D eigenvalue weighted by molar-refractivity contribution is -0.0498. The van der Waals surface area contributed by atoms with E-state index in [-0.39, 0.29) is 0 Å². The maximum Gasteiger partial charge on any atom is 0.330 e. The number of aliphatic hydroxyl groups excluding tert-OH is 1. The normalized spacial score (nSPS) is 26.4. The Hall–Kier alpha value is -3.38. The second-order valence-corrected chi connectivity index (χ2v) is 6.71. The Morgan fingerprint density at radius 1 is 1.31 bits per heavy atom. The molecule has 1 fully saturated rings. The monoisotopic (exact) mass is 411 g/mol. The molecular weight excluding hydrogens is 393 g/mol. The third-order valence-electron chi connectivity index (χ3n) is 4.59. The maximum absolute atomic E-state index is 15.1. The van der Waals surface area contributed by atoms with Crippen LogP contribution in [0.4, 0.5) is 4.39 Å². The number of benzene rings is 1. The summed E-state index contributed by atoms with van der Waals surface area (Å²) in [6, 6.07) is 2.66. The lowest BCUT2D eigenvalue weighted by Gasteiger charge is -2.24. The van der Waals surface area contributed by atoms with Gasteiger partial charge in [0.1, 0.15) is 35.0 Å². The van der Waals surface area contributed by atoms with Crippen LogP contribution in [-0.4, -0.2) is 60.3 Å². The van der Waals surface area contributed by atoms with Crippen LogP contribution >= 0.6 is 0 Å². The van der Waals surface area contributed by atoms with E-state index >= 15 is 4.39 Å². The van der Waals surface area contributed by atoms with E-state index in [0.717, 1.165) is 35.9 Å². The number of H-pyrrole nitrogens is 1. The third-order valence-corrected chi connectivity index (χ3v) is 4.59. The van der Waals surface area contributed by atoms with E-state index in [0.29, 0.717) is 0 Å². The SMILES string of the molecule is C[C@@]1(F)[C@H](O)[C@@H](CNC(=O)c2c(O)cc(O)cc2O)O[C@H]1n1ccc(=O)[nH]c1=O. The summed E-state index contributed by atoms with van der Waals surface area (Å²) in [5.74, 6) is -2.82. The highest BCUT2D eigenvalue weighted by Crippen LogP contribution is 2.40. The number of carbonyl (C=O) groups is 1. The van der Waals surface area contributed by atoms with Crippen molar-refractivity contribution in [3.63, 3.8) is 0 Å². The molecule has 12 heteroatoms. The number of aliphatic hydroxyl groups is 1. The van der Waals surface area contributed by atoms with Crippen LogP contribution in [0.1, 0.15) is 23.5 Å². The number of nitrogens with zero attached hydrogens (tertiary/aromatic N) is 1. The second kappa shape index (κ2) is 7.22. The molecule has 0 saturated carbocycles. The fourth-order valence-electron chi connectivity index (χ4n) is 3.10. The van der Waals surface area contributed by atoms with Crippen LogP contribution in [0.15, 0.2) is 34.0 Å². The van der Waals surface area contributed by atoms with Crippen LogP contribution in [0.5, 0.6) is 17.2 Å². The Bertz CT molecular complexity index is 1040. The van der Waals surface area contributed by atoms with Gasteiger partial charge in [-0.2, -0.15) is 0 Å². The van der Waals surface area contributed by atoms with Crippen LogP contribution in [0.2, 0.25) is 0 Å². The predicted molar refractivity (Wildman–Crippen MR) is 94.5 cm³/mol. The van der Waals surface area contributed by atoms with Gasteiger partial charge in [0, 0.05) is 30.9 Å². The summed E-state index contributed by atoms with van der Waals surface area (Å²) < 4.78 is 21.2. The van der Waals surface area contributed by atoms with E-state index < -0.39 is 70.6 Å². The number of phenols is 3. The maximum atomic E-state index is 15.1. The Labute approximate surface area is 161 Å². The number of aromatic nitrogens is 2. The van der Waals surface area contributed by atoms with Gasteiger partial charge >= 0.3 is 5.69 Å². The number of halogens is 1. The van der Waals surface area contributed by atoms with E-state index in [1.807, 2.05) is 4.98 Å². The molecule has 29 heavy (non-hydrogen) atoms. The Morgan fingerprint density at radius 3 is 2.52 bits per heavy atom. The molecule has 1 saturated heterocycles. The first-order valence-corrected chi connectivity index (χ1v) is 8.39. The van der Waals surface area contributed by atoms with Crippen molar-refractivity contribution in [2.75, 3.05) is 6.54 Å². The van der Waals surface area contributed by atoms with Crippen molar-refractivity contribution in [2.24, 2.45) is 0 Å². The molecule has 3 rings (SSSR count). The molecule has 6 N–H and O–H groups in total. The summed E-state index contributed by atoms with van der Waals surface area (Å²) in [7, 11) is 0. The number of rotatable bonds is 4. The number of aromatic hydroxyl groups is 3. The molecule has 1 aromatic carbocycles. The average molecular weight is 411 g/mol. The van der Waals surface area contributed by atoms with Crippen LogP contribution in [0, 0.1) is 0 Å². The van der Waals surface area contributed by atoms with Crippen molar-refractivity contribution in [1.82, 2.24) is 14.9 Å². The topological polar surface area (TPSA) is 174 Å². The molecule has 156 valence electrons. The number of hydrogen-bond acceptors (Lipinski definition) is 8. The summed E-state index contributed by atoms with van der Waals surface area (Å²) in [5, 5.41) is 41.2. The molecule has 1 aliphatic rings. The smallest absolute Gasteiger partial charge is 0.330 e. The van der Waals surface area contributed by atoms with E-state index in [2.05, 4.69) is 5.32 Å². The lowest BCUT2D eigenvalue weighted by Crippen LogP contribution is -2.45. The number of amides is 1. The summed E-state index contributed by atoms with van der Waals surface area (Å²) in [4.78, 5) is 37.3. The second-order valence-electron chi connectivity index (χ2n) is 6.71. The van der Waals surface area contributed by atoms with Gasteiger partial charge in [-0.25, -0.2) is 9.18 Å². The number of aromatic amines is 1. The summed E-state index contributed by atoms with van der Waals surface area (Å²) in [6.07, 6.45) is -3.61. The van der Waals surface area contributed by atoms with Gasteiger partial charge in [-0.1, -0.05) is 0 Å². The average Bonchev–Trinajstić information content (AvgIpc) is 2.82. The predicted octanol–water partition coefficient (Wildman–Crippen LogP) is -0.930. The van der Waals surface area contributed by atoms with Gasteiger partial charge in [0.15, 0.2) is 11.9 Å². The van der Waals surface area contributed by atoms with E-state index in [4.69, 9.17) is 4.74 Å². The number of phenolic OH excluding ortho intramolecular Hbond substituents is 3. The van der Waals surface area contributed by atoms with Crippen molar-refractivity contribution in [1.29, 1.82) is 0 Å². The molecule has 1 aliphatic heterocycles. The van der Waals surface area contributed by atoms with Gasteiger partial charge in [-0.05, 0) is 6.92 Å². The zero-order valence-corrected chi connectivity index (χ0v) is 15.0. The van der Waals surface area contributed by atoms with Gasteiger partial charge < -0.3 is 30.5 Å². The zero-order valence-electron chi connectivity index (χ0n) is 15.0. The van der Waals surface area contributed by atoms with E-state index in [9.17, 15) is 34.8 Å². The molecule has 1 amide bonds. The highest BCUT2D eigenvalue weighted by atomic mass is 19.1. The van der Waals surface area contributed by atoms with Crippen LogP contribution in [0.25, 0.3) is 0 Å². The molecule has 0 unspecified atom stereocenters. The molecule has 2 heterocycles. The summed E-state index contributed by atoms with van der Waals surface area (Å²) >= 11 is 0. The molecule has 0 spiro atoms. The van der Waals surface area contributed by atoms with Crippen molar-refractivity contribution in [3.05, 3.63) is 50.8 Å². The minimum Gasteiger partial charge on any atom is -0.508 e. The van der Waals surface area contributed by atoms with Crippen LogP contribution < -0.4 is 16.6 Å². The molecule has 1 aromatic heterocycles. The highest BCUT2D eigenvalue weighted by molar-refractivity contribution is 5.99. The summed E-state index contributed by atoms with van der Waals surface area (Å²) in [5.41, 5.74) is -4.61. The summed E-state index contributed by atoms with van der Waals surface area (Å²) in [6.45, 7) is 0.563. The first kappa shape index (κ1) is 20.4. The number of alkyl halides is 1. The molecular formula is C17H18FN3O8. The Balaban J connectivity index is 1.78. The first-order valence-electron chi connectivity index (χ1n) is 8.39. The third kappa shape index (κ3) is 3.67. The van der Waals surface area contributed by atoms with Crippen molar-refractivity contribution >= 4 is 5.91 Å². The Morgan fingerprint density at radius 2 is 1.93 bits per heavy atom. The van der Waals surface area contributed by atoms with Crippen LogP contribution in [-0.2, 0) is 4.74 Å². The van der Waals surface area contributed by atoms with Crippen molar-refractivity contribution in [3.8, 4) is 17.2 Å². The van der Waals surface area contributed by atoms with Gasteiger partial charge in [-0.3, -0.25) is 19.1 Å². The highest BCUT2D eigenvalue weighted by Gasteiger charge is 2.55. The molecule has 0 aliphatic carbocycles. The quantitative estimate of drug-likeness (QED) is 0.374. The standard InChI is InChI=1S/C17H18FN3O8/c1-17(18)13(26)10(29-15(17)21-3-2-11(25)20-16(21)28)6-19-14(27)12-8(23)4-7(22)5-9(12)24/h2-5,10,13,15,22-24,26H,6H2,1H3,(H,19,27)(H,20,25,28)/t10-,13-,15-,17-/m1/s1. The van der Waals surface area contributed by atoms with Gasteiger partial charge in [0.25, 0.3) is 11.5 Å².